The zero-order valence-electron chi connectivity index (χ0n) is 18.9. The summed E-state index contributed by atoms with van der Waals surface area (Å²) in [4.78, 5) is 14.9. The van der Waals surface area contributed by atoms with Gasteiger partial charge in [0.25, 0.3) is 0 Å². The molecule has 0 saturated heterocycles. The first-order chi connectivity index (χ1) is 15.4. The number of amides is 1. The van der Waals surface area contributed by atoms with Crippen LogP contribution in [0.3, 0.4) is 0 Å². The van der Waals surface area contributed by atoms with Crippen molar-refractivity contribution in [2.24, 2.45) is 0 Å². The molecule has 0 fully saturated rings. The maximum absolute atomic E-state index is 13.0. The molecular formula is C25H27N5O2. The summed E-state index contributed by atoms with van der Waals surface area (Å²) in [5.74, 6) is 1.91. The molecule has 4 aromatic rings. The highest BCUT2D eigenvalue weighted by Crippen LogP contribution is 2.31. The van der Waals surface area contributed by atoms with Gasteiger partial charge >= 0.3 is 0 Å². The Hall–Kier alpha value is -3.61. The molecule has 0 bridgehead atoms. The first kappa shape index (κ1) is 20.3. The summed E-state index contributed by atoms with van der Waals surface area (Å²) in [6.45, 7) is 9.13. The molecule has 7 nitrogen and oxygen atoms in total. The van der Waals surface area contributed by atoms with Gasteiger partial charge in [0, 0.05) is 29.9 Å². The number of hydrogen-bond acceptors (Lipinski definition) is 4. The fourth-order valence-corrected chi connectivity index (χ4v) is 4.41. The lowest BCUT2D eigenvalue weighted by molar-refractivity contribution is -0.131. The second kappa shape index (κ2) is 7.82. The average Bonchev–Trinajstić information content (AvgIpc) is 3.53. The number of carbonyl (C=O) groups is 1. The lowest BCUT2D eigenvalue weighted by atomic mass is 10.1. The van der Waals surface area contributed by atoms with Crippen LogP contribution in [-0.2, 0) is 24.3 Å². The molecule has 7 heteroatoms. The molecule has 32 heavy (non-hydrogen) atoms. The van der Waals surface area contributed by atoms with Gasteiger partial charge in [-0.15, -0.1) is 0 Å². The third-order valence-electron chi connectivity index (χ3n) is 6.44. The van der Waals surface area contributed by atoms with Crippen LogP contribution < -0.4 is 0 Å². The van der Waals surface area contributed by atoms with E-state index in [4.69, 9.17) is 9.62 Å². The number of rotatable bonds is 5. The number of aromatic nitrogens is 4. The van der Waals surface area contributed by atoms with Crippen molar-refractivity contribution in [3.63, 3.8) is 0 Å². The monoisotopic (exact) mass is 429 g/mol. The molecule has 0 radical (unpaired) electrons. The van der Waals surface area contributed by atoms with Crippen molar-refractivity contribution in [1.29, 1.82) is 0 Å². The predicted octanol–water partition coefficient (Wildman–Crippen LogP) is 4.36. The first-order valence-corrected chi connectivity index (χ1v) is 10.9. The molecule has 0 N–H and O–H groups in total. The summed E-state index contributed by atoms with van der Waals surface area (Å²) in [5, 5.41) is 8.93. The lowest BCUT2D eigenvalue weighted by Gasteiger charge is -2.18. The molecule has 1 aromatic carbocycles. The van der Waals surface area contributed by atoms with E-state index in [0.717, 1.165) is 39.8 Å². The molecule has 0 saturated carbocycles. The summed E-state index contributed by atoms with van der Waals surface area (Å²) >= 11 is 0. The molecule has 0 unspecified atom stereocenters. The van der Waals surface area contributed by atoms with E-state index >= 15 is 0 Å². The highest BCUT2D eigenvalue weighted by molar-refractivity contribution is 5.77. The number of hydrogen-bond donors (Lipinski definition) is 0. The Morgan fingerprint density at radius 1 is 1.06 bits per heavy atom. The van der Waals surface area contributed by atoms with Crippen molar-refractivity contribution in [1.82, 2.24) is 24.4 Å². The van der Waals surface area contributed by atoms with Gasteiger partial charge in [-0.25, -0.2) is 4.68 Å². The van der Waals surface area contributed by atoms with E-state index in [2.05, 4.69) is 41.8 Å². The Balaban J connectivity index is 1.42. The van der Waals surface area contributed by atoms with Gasteiger partial charge in [-0.3, -0.25) is 4.79 Å². The molecule has 3 aromatic heterocycles. The zero-order valence-corrected chi connectivity index (χ0v) is 18.9. The molecule has 4 heterocycles. The van der Waals surface area contributed by atoms with E-state index in [1.807, 2.05) is 48.0 Å². The number of nitrogens with zero attached hydrogens (tertiary/aromatic N) is 5. The van der Waals surface area contributed by atoms with Gasteiger partial charge in [-0.1, -0.05) is 11.2 Å². The summed E-state index contributed by atoms with van der Waals surface area (Å²) in [6.07, 6.45) is 5.12. The van der Waals surface area contributed by atoms with Crippen molar-refractivity contribution in [2.75, 3.05) is 0 Å². The maximum atomic E-state index is 13.0. The van der Waals surface area contributed by atoms with Crippen molar-refractivity contribution >= 4 is 5.91 Å². The third kappa shape index (κ3) is 3.43. The van der Waals surface area contributed by atoms with Gasteiger partial charge in [0.1, 0.15) is 11.6 Å². The van der Waals surface area contributed by atoms with E-state index in [1.165, 1.54) is 11.1 Å². The van der Waals surface area contributed by atoms with Gasteiger partial charge in [0.15, 0.2) is 0 Å². The highest BCUT2D eigenvalue weighted by atomic mass is 16.5. The zero-order chi connectivity index (χ0) is 22.4. The van der Waals surface area contributed by atoms with Gasteiger partial charge in [0.2, 0.25) is 5.91 Å². The normalized spacial score (nSPS) is 13.1. The van der Waals surface area contributed by atoms with E-state index in [-0.39, 0.29) is 5.91 Å². The topological polar surface area (TPSA) is 69.1 Å². The minimum atomic E-state index is 0.124. The van der Waals surface area contributed by atoms with E-state index in [9.17, 15) is 4.79 Å². The largest absolute Gasteiger partial charge is 0.361 e. The van der Waals surface area contributed by atoms with Crippen LogP contribution in [0.5, 0.6) is 0 Å². The molecule has 1 amide bonds. The van der Waals surface area contributed by atoms with Crippen molar-refractivity contribution in [3.05, 3.63) is 82.1 Å². The van der Waals surface area contributed by atoms with Crippen LogP contribution in [0.2, 0.25) is 0 Å². The smallest absolute Gasteiger partial charge is 0.223 e. The Morgan fingerprint density at radius 3 is 2.53 bits per heavy atom. The van der Waals surface area contributed by atoms with Crippen LogP contribution in [0.15, 0.2) is 47.2 Å². The van der Waals surface area contributed by atoms with Crippen LogP contribution in [0.4, 0.5) is 0 Å². The number of aryl methyl sites for hydroxylation is 4. The van der Waals surface area contributed by atoms with Crippen LogP contribution in [0.1, 0.15) is 45.8 Å². The van der Waals surface area contributed by atoms with E-state index < -0.39 is 0 Å². The second-order valence-electron chi connectivity index (χ2n) is 8.57. The molecule has 5 rings (SSSR count). The standard InChI is InChI=1S/C25H27N5O2/c1-16-7-8-20(13-17(16)2)30-25(28-11-5-6-12-28)22-14-29(15-23(22)26-30)24(31)10-9-21-18(3)27-32-19(21)4/h5-8,11-13H,9-10,14-15H2,1-4H3. The molecular weight excluding hydrogens is 402 g/mol. The molecule has 0 atom stereocenters. The summed E-state index contributed by atoms with van der Waals surface area (Å²) < 4.78 is 9.31. The Kier molecular flexibility index (Phi) is 4.96. The second-order valence-corrected chi connectivity index (χ2v) is 8.57. The molecule has 0 aliphatic carbocycles. The molecule has 1 aliphatic rings. The minimum absolute atomic E-state index is 0.124. The molecule has 0 spiro atoms. The van der Waals surface area contributed by atoms with Gasteiger partial charge in [-0.2, -0.15) is 5.10 Å². The first-order valence-electron chi connectivity index (χ1n) is 10.9. The maximum Gasteiger partial charge on any atom is 0.223 e. The SMILES string of the molecule is Cc1ccc(-n2nc3c(c2-n2cccc2)CN(C(=O)CCc2c(C)noc2C)C3)cc1C. The summed E-state index contributed by atoms with van der Waals surface area (Å²) in [7, 11) is 0. The molecule has 164 valence electrons. The number of fused-ring (bicyclic) bond motifs is 1. The van der Waals surface area contributed by atoms with Crippen LogP contribution in [-0.4, -0.2) is 30.3 Å². The summed E-state index contributed by atoms with van der Waals surface area (Å²) in [5.41, 5.74) is 7.46. The Labute approximate surface area is 187 Å². The minimum Gasteiger partial charge on any atom is -0.361 e. The van der Waals surface area contributed by atoms with Crippen LogP contribution in [0.25, 0.3) is 11.5 Å². The predicted molar refractivity (Wildman–Crippen MR) is 121 cm³/mol. The van der Waals surface area contributed by atoms with E-state index in [0.29, 0.717) is 25.9 Å². The van der Waals surface area contributed by atoms with Gasteiger partial charge < -0.3 is 14.0 Å². The van der Waals surface area contributed by atoms with Gasteiger partial charge in [-0.05, 0) is 69.5 Å². The van der Waals surface area contributed by atoms with Crippen LogP contribution in [0, 0.1) is 27.7 Å². The van der Waals surface area contributed by atoms with Gasteiger partial charge in [0.05, 0.1) is 30.2 Å². The quantitative estimate of drug-likeness (QED) is 0.473. The lowest BCUT2D eigenvalue weighted by Crippen LogP contribution is -2.26. The fraction of sp³-hybridized carbons (Fsp3) is 0.320. The number of carbonyl (C=O) groups excluding carboxylic acids is 1. The third-order valence-corrected chi connectivity index (χ3v) is 6.44. The van der Waals surface area contributed by atoms with Crippen molar-refractivity contribution < 1.29 is 9.32 Å². The molecule has 1 aliphatic heterocycles. The van der Waals surface area contributed by atoms with E-state index in [1.54, 1.807) is 0 Å². The fourth-order valence-electron chi connectivity index (χ4n) is 4.41. The van der Waals surface area contributed by atoms with Crippen molar-refractivity contribution in [2.45, 2.75) is 53.6 Å². The number of benzene rings is 1. The summed E-state index contributed by atoms with van der Waals surface area (Å²) in [6, 6.07) is 10.4. The average molecular weight is 430 g/mol. The van der Waals surface area contributed by atoms with Crippen LogP contribution >= 0.6 is 0 Å². The van der Waals surface area contributed by atoms with Crippen molar-refractivity contribution in [3.8, 4) is 11.5 Å². The Morgan fingerprint density at radius 2 is 1.84 bits per heavy atom. The Bertz CT molecular complexity index is 1280. The highest BCUT2D eigenvalue weighted by Gasteiger charge is 2.31.